The molecule has 0 radical (unpaired) electrons. The molecule has 0 bridgehead atoms. The molecule has 0 saturated carbocycles. The number of esters is 2. The summed E-state index contributed by atoms with van der Waals surface area (Å²) < 4.78 is 4.97. The number of rotatable bonds is 10. The maximum absolute atomic E-state index is 11.9. The van der Waals surface area contributed by atoms with Crippen LogP contribution < -0.4 is 0 Å². The van der Waals surface area contributed by atoms with Crippen LogP contribution in [0, 0.1) is 11.3 Å². The lowest BCUT2D eigenvalue weighted by Gasteiger charge is -2.17. The van der Waals surface area contributed by atoms with E-state index in [1.54, 1.807) is 0 Å². The number of hydrogen-bond donors (Lipinski definition) is 0. The molecule has 3 heteroatoms. The average Bonchev–Trinajstić information content (AvgIpc) is 2.37. The van der Waals surface area contributed by atoms with Gasteiger partial charge in [0.05, 0.1) is 5.92 Å². The molecule has 0 aliphatic rings. The second-order valence-corrected chi connectivity index (χ2v) is 7.16. The molecule has 0 rings (SSSR count). The lowest BCUT2D eigenvalue weighted by atomic mass is 9.89. The fourth-order valence-electron chi connectivity index (χ4n) is 2.29. The van der Waals surface area contributed by atoms with Gasteiger partial charge >= 0.3 is 11.9 Å². The van der Waals surface area contributed by atoms with Crippen molar-refractivity contribution < 1.29 is 14.3 Å². The molecule has 0 N–H and O–H groups in total. The van der Waals surface area contributed by atoms with Gasteiger partial charge in [-0.25, -0.2) is 0 Å². The van der Waals surface area contributed by atoms with E-state index in [0.717, 1.165) is 51.4 Å². The zero-order valence-electron chi connectivity index (χ0n) is 14.7. The van der Waals surface area contributed by atoms with E-state index in [9.17, 15) is 9.59 Å². The molecule has 0 aliphatic carbocycles. The Kier molecular flexibility index (Phi) is 10.4. The second kappa shape index (κ2) is 10.8. The zero-order chi connectivity index (χ0) is 16.3. The summed E-state index contributed by atoms with van der Waals surface area (Å²) in [7, 11) is 0. The van der Waals surface area contributed by atoms with E-state index in [1.807, 2.05) is 6.92 Å². The van der Waals surface area contributed by atoms with Crippen molar-refractivity contribution in [3.05, 3.63) is 0 Å². The van der Waals surface area contributed by atoms with Gasteiger partial charge in [-0.2, -0.15) is 0 Å². The number of hydrogen-bond acceptors (Lipinski definition) is 3. The molecule has 0 saturated heterocycles. The molecule has 124 valence electrons. The highest BCUT2D eigenvalue weighted by Gasteiger charge is 2.20. The van der Waals surface area contributed by atoms with Gasteiger partial charge in [0.1, 0.15) is 0 Å². The lowest BCUT2D eigenvalue weighted by molar-refractivity contribution is -0.163. The first-order valence-corrected chi connectivity index (χ1v) is 8.54. The Morgan fingerprint density at radius 1 is 1.00 bits per heavy atom. The van der Waals surface area contributed by atoms with Gasteiger partial charge in [-0.05, 0) is 31.1 Å². The van der Waals surface area contributed by atoms with Gasteiger partial charge in [0, 0.05) is 6.42 Å². The maximum atomic E-state index is 11.9. The van der Waals surface area contributed by atoms with Crippen molar-refractivity contribution >= 4 is 11.9 Å². The normalized spacial score (nSPS) is 13.0. The van der Waals surface area contributed by atoms with Crippen molar-refractivity contribution in [1.29, 1.82) is 0 Å². The third-order valence-electron chi connectivity index (χ3n) is 3.75. The molecule has 3 nitrogen and oxygen atoms in total. The highest BCUT2D eigenvalue weighted by molar-refractivity contribution is 5.86. The monoisotopic (exact) mass is 298 g/mol. The highest BCUT2D eigenvalue weighted by Crippen LogP contribution is 2.22. The van der Waals surface area contributed by atoms with Crippen molar-refractivity contribution in [2.75, 3.05) is 0 Å². The smallest absolute Gasteiger partial charge is 0.316 e. The summed E-state index contributed by atoms with van der Waals surface area (Å²) in [5.74, 6) is -0.800. The predicted molar refractivity (Wildman–Crippen MR) is 86.9 cm³/mol. The first kappa shape index (κ1) is 20.1. The summed E-state index contributed by atoms with van der Waals surface area (Å²) in [4.78, 5) is 23.5. The second-order valence-electron chi connectivity index (χ2n) is 7.16. The zero-order valence-corrected chi connectivity index (χ0v) is 14.7. The van der Waals surface area contributed by atoms with E-state index >= 15 is 0 Å². The topological polar surface area (TPSA) is 43.4 Å². The van der Waals surface area contributed by atoms with Gasteiger partial charge in [-0.15, -0.1) is 0 Å². The van der Waals surface area contributed by atoms with Crippen LogP contribution >= 0.6 is 0 Å². The molecular weight excluding hydrogens is 264 g/mol. The number of unbranched alkanes of at least 4 members (excludes halogenated alkanes) is 3. The first-order chi connectivity index (χ1) is 9.80. The van der Waals surface area contributed by atoms with Crippen molar-refractivity contribution in [3.8, 4) is 0 Å². The third-order valence-corrected chi connectivity index (χ3v) is 3.75. The first-order valence-electron chi connectivity index (χ1n) is 8.54. The Hall–Kier alpha value is -0.860. The molecule has 0 fully saturated rings. The molecule has 0 spiro atoms. The Morgan fingerprint density at radius 3 is 2.19 bits per heavy atom. The van der Waals surface area contributed by atoms with Crippen LogP contribution in [0.5, 0.6) is 0 Å². The molecule has 0 heterocycles. The summed E-state index contributed by atoms with van der Waals surface area (Å²) in [5, 5.41) is 0. The van der Waals surface area contributed by atoms with Crippen LogP contribution in [0.4, 0.5) is 0 Å². The Morgan fingerprint density at radius 2 is 1.67 bits per heavy atom. The summed E-state index contributed by atoms with van der Waals surface area (Å²) in [6.07, 6.45) is 8.12. The highest BCUT2D eigenvalue weighted by atomic mass is 16.6. The standard InChI is InChI=1S/C18H34O3/c1-6-8-12-15(7-2)17(20)21-16(19)13-10-9-11-14-18(3,4)5/h15H,6-14H2,1-5H3. The number of carbonyl (C=O) groups is 2. The fraction of sp³-hybridized carbons (Fsp3) is 0.889. The lowest BCUT2D eigenvalue weighted by Crippen LogP contribution is -2.20. The van der Waals surface area contributed by atoms with Crippen LogP contribution in [0.25, 0.3) is 0 Å². The number of ether oxygens (including phenoxy) is 1. The minimum Gasteiger partial charge on any atom is -0.393 e. The average molecular weight is 298 g/mol. The minimum atomic E-state index is -0.356. The van der Waals surface area contributed by atoms with Gasteiger partial charge in [0.15, 0.2) is 0 Å². The van der Waals surface area contributed by atoms with E-state index in [-0.39, 0.29) is 17.9 Å². The molecular formula is C18H34O3. The van der Waals surface area contributed by atoms with Crippen molar-refractivity contribution in [2.45, 2.75) is 92.4 Å². The van der Waals surface area contributed by atoms with Crippen LogP contribution in [0.1, 0.15) is 92.4 Å². The largest absolute Gasteiger partial charge is 0.393 e. The van der Waals surface area contributed by atoms with Gasteiger partial charge in [-0.3, -0.25) is 9.59 Å². The van der Waals surface area contributed by atoms with Crippen molar-refractivity contribution in [2.24, 2.45) is 11.3 Å². The van der Waals surface area contributed by atoms with Crippen LogP contribution in [-0.2, 0) is 14.3 Å². The fourth-order valence-corrected chi connectivity index (χ4v) is 2.29. The minimum absolute atomic E-state index is 0.116. The molecule has 0 aromatic carbocycles. The van der Waals surface area contributed by atoms with E-state index in [4.69, 9.17) is 4.74 Å². The van der Waals surface area contributed by atoms with Gasteiger partial charge in [0.25, 0.3) is 0 Å². The third kappa shape index (κ3) is 11.5. The summed E-state index contributed by atoms with van der Waals surface area (Å²) in [5.41, 5.74) is 0.351. The molecule has 0 aliphatic heterocycles. The number of carbonyl (C=O) groups excluding carboxylic acids is 2. The van der Waals surface area contributed by atoms with Crippen molar-refractivity contribution in [1.82, 2.24) is 0 Å². The van der Waals surface area contributed by atoms with Crippen LogP contribution in [0.3, 0.4) is 0 Å². The molecule has 0 aromatic rings. The Balaban J connectivity index is 3.84. The van der Waals surface area contributed by atoms with Crippen LogP contribution in [-0.4, -0.2) is 11.9 Å². The molecule has 0 aromatic heterocycles. The Bertz CT molecular complexity index is 302. The van der Waals surface area contributed by atoms with Gasteiger partial charge < -0.3 is 4.74 Å². The van der Waals surface area contributed by atoms with E-state index in [2.05, 4.69) is 27.7 Å². The van der Waals surface area contributed by atoms with Gasteiger partial charge in [0.2, 0.25) is 0 Å². The summed E-state index contributed by atoms with van der Waals surface area (Å²) in [6.45, 7) is 10.7. The molecule has 1 atom stereocenters. The van der Waals surface area contributed by atoms with E-state index < -0.39 is 0 Å². The molecule has 21 heavy (non-hydrogen) atoms. The Labute approximate surface area is 130 Å². The summed E-state index contributed by atoms with van der Waals surface area (Å²) >= 11 is 0. The van der Waals surface area contributed by atoms with Crippen LogP contribution in [0.2, 0.25) is 0 Å². The summed E-state index contributed by atoms with van der Waals surface area (Å²) in [6, 6.07) is 0. The molecule has 1 unspecified atom stereocenters. The van der Waals surface area contributed by atoms with Crippen molar-refractivity contribution in [3.63, 3.8) is 0 Å². The van der Waals surface area contributed by atoms with E-state index in [0.29, 0.717) is 11.8 Å². The quantitative estimate of drug-likeness (QED) is 0.313. The molecule has 0 amide bonds. The predicted octanol–water partition coefficient (Wildman–Crippen LogP) is 5.27. The van der Waals surface area contributed by atoms with Gasteiger partial charge in [-0.1, -0.05) is 60.3 Å². The van der Waals surface area contributed by atoms with Crippen LogP contribution in [0.15, 0.2) is 0 Å². The SMILES string of the molecule is CCCCC(CC)C(=O)OC(=O)CCCCCC(C)(C)C. The van der Waals surface area contributed by atoms with E-state index in [1.165, 1.54) is 0 Å². The maximum Gasteiger partial charge on any atom is 0.316 e.